The summed E-state index contributed by atoms with van der Waals surface area (Å²) in [7, 11) is 1.78. The topological polar surface area (TPSA) is 27.7 Å². The maximum absolute atomic E-state index is 5.87. The molecule has 2 aliphatic carbocycles. The van der Waals surface area contributed by atoms with Crippen LogP contribution in [0.4, 0.5) is 0 Å². The van der Waals surface area contributed by atoms with Gasteiger partial charge in [-0.05, 0) is 12.8 Å². The van der Waals surface area contributed by atoms with Crippen LogP contribution in [0.15, 0.2) is 12.2 Å². The monoisotopic (exact) mass is 210 g/mol. The van der Waals surface area contributed by atoms with E-state index in [0.29, 0.717) is 25.0 Å². The summed E-state index contributed by atoms with van der Waals surface area (Å²) in [5, 5.41) is 0. The second-order valence-corrected chi connectivity index (χ2v) is 4.74. The predicted molar refractivity (Wildman–Crippen MR) is 55.4 cm³/mol. The average Bonchev–Trinajstić information content (AvgIpc) is 2.79. The third-order valence-electron chi connectivity index (χ3n) is 4.37. The van der Waals surface area contributed by atoms with Crippen molar-refractivity contribution in [3.8, 4) is 0 Å². The maximum Gasteiger partial charge on any atom is 0.201 e. The molecule has 1 saturated carbocycles. The Morgan fingerprint density at radius 3 is 2.73 bits per heavy atom. The number of allylic oxidation sites excluding steroid dienone is 1. The number of fused-ring (bicyclic) bond motifs is 2. The molecule has 84 valence electrons. The van der Waals surface area contributed by atoms with Crippen molar-refractivity contribution < 1.29 is 14.2 Å². The highest BCUT2D eigenvalue weighted by molar-refractivity contribution is 5.25. The summed E-state index contributed by atoms with van der Waals surface area (Å²) in [6.07, 6.45) is 6.59. The molecule has 3 atom stereocenters. The summed E-state index contributed by atoms with van der Waals surface area (Å²) in [5.74, 6) is 0.392. The Bertz CT molecular complexity index is 293. The summed E-state index contributed by atoms with van der Waals surface area (Å²) in [6.45, 7) is 3.60. The van der Waals surface area contributed by atoms with E-state index in [4.69, 9.17) is 14.2 Å². The minimum absolute atomic E-state index is 0.225. The first-order valence-corrected chi connectivity index (χ1v) is 5.76. The van der Waals surface area contributed by atoms with Crippen molar-refractivity contribution in [2.75, 3.05) is 20.3 Å². The molecule has 2 fully saturated rings. The number of rotatable bonds is 1. The summed E-state index contributed by atoms with van der Waals surface area (Å²) in [6, 6.07) is 0. The molecule has 0 radical (unpaired) electrons. The molecule has 1 saturated heterocycles. The normalized spacial score (nSPS) is 46.5. The van der Waals surface area contributed by atoms with Crippen LogP contribution in [0.25, 0.3) is 0 Å². The van der Waals surface area contributed by atoms with Gasteiger partial charge in [-0.25, -0.2) is 0 Å². The molecular weight excluding hydrogens is 192 g/mol. The van der Waals surface area contributed by atoms with E-state index in [2.05, 4.69) is 19.1 Å². The lowest BCUT2D eigenvalue weighted by molar-refractivity contribution is -0.388. The molecule has 3 nitrogen and oxygen atoms in total. The van der Waals surface area contributed by atoms with E-state index < -0.39 is 5.79 Å². The Balaban J connectivity index is 1.99. The Hall–Kier alpha value is -0.380. The van der Waals surface area contributed by atoms with Gasteiger partial charge in [-0.1, -0.05) is 19.1 Å². The Morgan fingerprint density at radius 1 is 1.33 bits per heavy atom. The summed E-state index contributed by atoms with van der Waals surface area (Å²) in [4.78, 5) is 0. The van der Waals surface area contributed by atoms with Crippen molar-refractivity contribution in [3.05, 3.63) is 12.2 Å². The highest BCUT2D eigenvalue weighted by Gasteiger charge is 2.74. The van der Waals surface area contributed by atoms with Crippen LogP contribution in [0, 0.1) is 11.8 Å². The van der Waals surface area contributed by atoms with Crippen molar-refractivity contribution >= 4 is 0 Å². The van der Waals surface area contributed by atoms with Crippen molar-refractivity contribution in [3.63, 3.8) is 0 Å². The number of methoxy groups -OCH3 is 1. The van der Waals surface area contributed by atoms with Gasteiger partial charge < -0.3 is 14.2 Å². The van der Waals surface area contributed by atoms with Gasteiger partial charge in [0.05, 0.1) is 13.2 Å². The second kappa shape index (κ2) is 3.06. The average molecular weight is 210 g/mol. The molecule has 3 unspecified atom stereocenters. The zero-order valence-corrected chi connectivity index (χ0v) is 9.36. The molecule has 0 aromatic heterocycles. The van der Waals surface area contributed by atoms with Crippen molar-refractivity contribution in [1.82, 2.24) is 0 Å². The van der Waals surface area contributed by atoms with E-state index in [9.17, 15) is 0 Å². The van der Waals surface area contributed by atoms with Gasteiger partial charge in [0.1, 0.15) is 5.60 Å². The van der Waals surface area contributed by atoms with Gasteiger partial charge in [-0.3, -0.25) is 0 Å². The highest BCUT2D eigenvalue weighted by atomic mass is 16.8. The first-order valence-electron chi connectivity index (χ1n) is 5.76. The smallest absolute Gasteiger partial charge is 0.201 e. The van der Waals surface area contributed by atoms with Gasteiger partial charge in [0, 0.05) is 18.9 Å². The quantitative estimate of drug-likeness (QED) is 0.617. The van der Waals surface area contributed by atoms with E-state index in [-0.39, 0.29) is 5.60 Å². The fourth-order valence-corrected chi connectivity index (χ4v) is 3.68. The molecule has 0 aromatic rings. The van der Waals surface area contributed by atoms with Crippen molar-refractivity contribution in [2.24, 2.45) is 11.8 Å². The molecule has 1 aliphatic heterocycles. The first kappa shape index (κ1) is 9.82. The molecule has 1 heterocycles. The molecule has 0 bridgehead atoms. The van der Waals surface area contributed by atoms with Crippen molar-refractivity contribution in [1.29, 1.82) is 0 Å². The minimum Gasteiger partial charge on any atom is -0.372 e. The standard InChI is InChI=1S/C12H18O3/c1-9-10-5-3-4-6-11(10,13-2)12(9)14-7-8-15-12/h3,5,9-10H,4,6-8H2,1-2H3. The van der Waals surface area contributed by atoms with E-state index in [1.54, 1.807) is 7.11 Å². The van der Waals surface area contributed by atoms with Crippen LogP contribution in [-0.2, 0) is 14.2 Å². The van der Waals surface area contributed by atoms with E-state index >= 15 is 0 Å². The van der Waals surface area contributed by atoms with Gasteiger partial charge in [-0.15, -0.1) is 0 Å². The molecule has 15 heavy (non-hydrogen) atoms. The van der Waals surface area contributed by atoms with Crippen LogP contribution in [0.5, 0.6) is 0 Å². The zero-order chi connectivity index (χ0) is 10.5. The molecule has 0 amide bonds. The molecular formula is C12H18O3. The van der Waals surface area contributed by atoms with Gasteiger partial charge in [0.25, 0.3) is 0 Å². The third-order valence-corrected chi connectivity index (χ3v) is 4.37. The Kier molecular flexibility index (Phi) is 2.00. The fraction of sp³-hybridized carbons (Fsp3) is 0.833. The number of hydrogen-bond donors (Lipinski definition) is 0. The largest absolute Gasteiger partial charge is 0.372 e. The first-order chi connectivity index (χ1) is 7.27. The van der Waals surface area contributed by atoms with Gasteiger partial charge >= 0.3 is 0 Å². The lowest BCUT2D eigenvalue weighted by Gasteiger charge is -2.64. The second-order valence-electron chi connectivity index (χ2n) is 4.74. The molecule has 1 spiro atoms. The van der Waals surface area contributed by atoms with Crippen LogP contribution < -0.4 is 0 Å². The van der Waals surface area contributed by atoms with Crippen LogP contribution >= 0.6 is 0 Å². The van der Waals surface area contributed by atoms with Gasteiger partial charge in [0.15, 0.2) is 0 Å². The zero-order valence-electron chi connectivity index (χ0n) is 9.36. The van der Waals surface area contributed by atoms with Crippen LogP contribution in [0.1, 0.15) is 19.8 Å². The van der Waals surface area contributed by atoms with E-state index in [1.807, 2.05) is 0 Å². The van der Waals surface area contributed by atoms with Gasteiger partial charge in [-0.2, -0.15) is 0 Å². The number of hydrogen-bond acceptors (Lipinski definition) is 3. The molecule has 0 N–H and O–H groups in total. The highest BCUT2D eigenvalue weighted by Crippen LogP contribution is 2.62. The molecule has 3 heteroatoms. The van der Waals surface area contributed by atoms with E-state index in [0.717, 1.165) is 12.8 Å². The minimum atomic E-state index is -0.461. The third kappa shape index (κ3) is 0.924. The van der Waals surface area contributed by atoms with Crippen LogP contribution in [0.2, 0.25) is 0 Å². The van der Waals surface area contributed by atoms with Gasteiger partial charge in [0.2, 0.25) is 5.79 Å². The molecule has 3 aliphatic rings. The van der Waals surface area contributed by atoms with E-state index in [1.165, 1.54) is 0 Å². The Morgan fingerprint density at radius 2 is 2.07 bits per heavy atom. The van der Waals surface area contributed by atoms with Crippen LogP contribution in [-0.4, -0.2) is 31.7 Å². The maximum atomic E-state index is 5.87. The summed E-state index contributed by atoms with van der Waals surface area (Å²) >= 11 is 0. The summed E-state index contributed by atoms with van der Waals surface area (Å²) < 4.78 is 17.5. The van der Waals surface area contributed by atoms with Crippen molar-refractivity contribution in [2.45, 2.75) is 31.2 Å². The molecule has 0 aromatic carbocycles. The van der Waals surface area contributed by atoms with Crippen LogP contribution in [0.3, 0.4) is 0 Å². The lowest BCUT2D eigenvalue weighted by Crippen LogP contribution is -2.76. The molecule has 3 rings (SSSR count). The SMILES string of the molecule is COC12CCC=CC1C(C)C21OCCO1. The summed E-state index contributed by atoms with van der Waals surface area (Å²) in [5.41, 5.74) is -0.225. The predicted octanol–water partition coefficient (Wildman–Crippen LogP) is 1.73. The lowest BCUT2D eigenvalue weighted by atomic mass is 9.53. The Labute approximate surface area is 90.4 Å². The fourth-order valence-electron chi connectivity index (χ4n) is 3.68. The number of ether oxygens (including phenoxy) is 3.